The Morgan fingerprint density at radius 3 is 2.53 bits per heavy atom. The molecule has 5 rings (SSSR count). The molecule has 6 N–H and O–H groups in total. The van der Waals surface area contributed by atoms with Gasteiger partial charge in [-0.05, 0) is 37.5 Å². The minimum absolute atomic E-state index is 0.00854. The Morgan fingerprint density at radius 2 is 1.82 bits per heavy atom. The van der Waals surface area contributed by atoms with Crippen LogP contribution in [0.2, 0.25) is 0 Å². The number of aromatic hydroxyl groups is 1. The van der Waals surface area contributed by atoms with Crippen molar-refractivity contribution in [1.82, 2.24) is 9.97 Å². The highest BCUT2D eigenvalue weighted by Gasteiger charge is 2.31. The molecule has 0 aliphatic carbocycles. The number of carbonyl (C=O) groups excluding carboxylic acids is 1. The first-order valence-electron chi connectivity index (χ1n) is 12.0. The van der Waals surface area contributed by atoms with Crippen LogP contribution in [0, 0.1) is 6.92 Å². The number of rotatable bonds is 8. The van der Waals surface area contributed by atoms with Crippen molar-refractivity contribution < 1.29 is 30.0 Å². The third kappa shape index (κ3) is 4.10. The van der Waals surface area contributed by atoms with Crippen LogP contribution in [0.5, 0.6) is 5.75 Å². The maximum absolute atomic E-state index is 13.8. The van der Waals surface area contributed by atoms with Crippen LogP contribution >= 0.6 is 11.3 Å². The van der Waals surface area contributed by atoms with Crippen LogP contribution in [0.15, 0.2) is 54.2 Å². The molecule has 0 aliphatic heterocycles. The van der Waals surface area contributed by atoms with E-state index in [1.54, 1.807) is 30.5 Å². The lowest BCUT2D eigenvalue weighted by atomic mass is 9.97. The van der Waals surface area contributed by atoms with E-state index in [1.165, 1.54) is 0 Å². The first-order valence-corrected chi connectivity index (χ1v) is 12.8. The number of aromatic amines is 2. The van der Waals surface area contributed by atoms with E-state index in [1.807, 2.05) is 32.1 Å². The number of nitrogens with one attached hydrogen (secondary N) is 2. The van der Waals surface area contributed by atoms with Crippen LogP contribution in [-0.4, -0.2) is 48.8 Å². The minimum Gasteiger partial charge on any atom is -0.506 e. The molecule has 38 heavy (non-hydrogen) atoms. The maximum atomic E-state index is 13.8. The van der Waals surface area contributed by atoms with Crippen molar-refractivity contribution in [3.63, 3.8) is 0 Å². The van der Waals surface area contributed by atoms with Gasteiger partial charge in [0.25, 0.3) is 0 Å². The van der Waals surface area contributed by atoms with Gasteiger partial charge in [-0.15, -0.1) is 11.3 Å². The summed E-state index contributed by atoms with van der Waals surface area (Å²) >= 11 is 0.717. The molecule has 0 amide bonds. The Hall–Kier alpha value is -4.18. The number of carbonyl (C=O) groups is 2. The number of para-hydroxylation sites is 1. The van der Waals surface area contributed by atoms with E-state index in [4.69, 9.17) is 0 Å². The van der Waals surface area contributed by atoms with Gasteiger partial charge in [-0.25, -0.2) is 4.79 Å². The molecule has 0 radical (unpaired) electrons. The second-order valence-electron chi connectivity index (χ2n) is 9.21. The van der Waals surface area contributed by atoms with Gasteiger partial charge in [0.05, 0.1) is 18.8 Å². The van der Waals surface area contributed by atoms with Gasteiger partial charge in [-0.3, -0.25) is 4.79 Å². The predicted molar refractivity (Wildman–Crippen MR) is 147 cm³/mol. The summed E-state index contributed by atoms with van der Waals surface area (Å²) in [5, 5.41) is 42.0. The third-order valence-electron chi connectivity index (χ3n) is 6.77. The molecule has 8 nitrogen and oxygen atoms in total. The molecule has 3 aromatic heterocycles. The average Bonchev–Trinajstić information content (AvgIpc) is 3.61. The molecule has 194 valence electrons. The summed E-state index contributed by atoms with van der Waals surface area (Å²) in [5.41, 5.74) is 5.10. The smallest absolute Gasteiger partial charge is 0.346 e. The zero-order chi connectivity index (χ0) is 27.1. The molecule has 3 heterocycles. The molecule has 0 spiro atoms. The molecule has 0 saturated heterocycles. The first kappa shape index (κ1) is 25.5. The average molecular weight is 531 g/mol. The van der Waals surface area contributed by atoms with Crippen molar-refractivity contribution in [2.75, 3.05) is 6.61 Å². The highest BCUT2D eigenvalue weighted by Crippen LogP contribution is 2.47. The van der Waals surface area contributed by atoms with E-state index in [0.717, 1.165) is 22.2 Å². The molecule has 0 saturated carbocycles. The number of carboxylic acid groups (broad SMARTS) is 1. The minimum atomic E-state index is -1.28. The number of aromatic carboxylic acids is 1. The fourth-order valence-electron chi connectivity index (χ4n) is 4.86. The number of hydrogen-bond acceptors (Lipinski definition) is 6. The van der Waals surface area contributed by atoms with Gasteiger partial charge in [0, 0.05) is 44.8 Å². The summed E-state index contributed by atoms with van der Waals surface area (Å²) in [7, 11) is 0. The Kier molecular flexibility index (Phi) is 6.66. The monoisotopic (exact) mass is 530 g/mol. The Labute approximate surface area is 221 Å². The second kappa shape index (κ2) is 9.94. The lowest BCUT2D eigenvalue weighted by Crippen LogP contribution is -1.99. The van der Waals surface area contributed by atoms with Crippen LogP contribution in [0.3, 0.4) is 0 Å². The summed E-state index contributed by atoms with van der Waals surface area (Å²) in [5.74, 6) is -2.21. The van der Waals surface area contributed by atoms with Gasteiger partial charge in [0.2, 0.25) is 5.78 Å². The summed E-state index contributed by atoms with van der Waals surface area (Å²) < 4.78 is 0. The van der Waals surface area contributed by atoms with E-state index in [-0.39, 0.29) is 21.9 Å². The molecule has 9 heteroatoms. The van der Waals surface area contributed by atoms with E-state index in [9.17, 15) is 30.0 Å². The molecule has 5 aromatic rings. The van der Waals surface area contributed by atoms with Crippen LogP contribution in [0.1, 0.15) is 48.7 Å². The number of aryl methyl sites for hydroxylation is 1. The highest BCUT2D eigenvalue weighted by molar-refractivity contribution is 7.17. The normalized spacial score (nSPS) is 12.1. The number of fused-ring (bicyclic) bond motifs is 2. The fraction of sp³-hybridized carbons (Fsp3) is 0.172. The van der Waals surface area contributed by atoms with Crippen LogP contribution < -0.4 is 0 Å². The number of thiophene rings is 1. The van der Waals surface area contributed by atoms with Gasteiger partial charge < -0.3 is 30.4 Å². The van der Waals surface area contributed by atoms with Crippen LogP contribution in [-0.2, 0) is 13.0 Å². The van der Waals surface area contributed by atoms with E-state index in [2.05, 4.69) is 9.97 Å². The van der Waals surface area contributed by atoms with Crippen molar-refractivity contribution in [1.29, 1.82) is 0 Å². The Morgan fingerprint density at radius 1 is 1.05 bits per heavy atom. The maximum Gasteiger partial charge on any atom is 0.346 e. The van der Waals surface area contributed by atoms with Gasteiger partial charge in [0.1, 0.15) is 15.5 Å². The molecule has 2 aromatic carbocycles. The largest absolute Gasteiger partial charge is 0.506 e. The van der Waals surface area contributed by atoms with Gasteiger partial charge in [-0.2, -0.15) is 0 Å². The zero-order valence-electron chi connectivity index (χ0n) is 20.8. The molecule has 0 fully saturated rings. The van der Waals surface area contributed by atoms with Gasteiger partial charge in [-0.1, -0.05) is 42.0 Å². The number of ketones is 1. The van der Waals surface area contributed by atoms with Crippen molar-refractivity contribution in [3.8, 4) is 16.9 Å². The van der Waals surface area contributed by atoms with E-state index >= 15 is 0 Å². The number of aromatic nitrogens is 2. The van der Waals surface area contributed by atoms with Crippen molar-refractivity contribution in [2.24, 2.45) is 0 Å². The number of carboxylic acids is 1. The summed E-state index contributed by atoms with van der Waals surface area (Å²) in [4.78, 5) is 32.1. The standard InChI is InChI=1S/C29H26N2O6S/c1-14(12-32)7-9-16-10-8-15(2)21-18(11-30-24(16)21)25(34)28-26(35)23(27(38-28)29(36)37)22-17-5-3-4-6-19(17)31-20(22)13-33/h3-8,10-11,30-33,35H,9,12-13H2,1-2H3,(H,36,37). The van der Waals surface area contributed by atoms with Crippen molar-refractivity contribution >= 4 is 44.9 Å². The molecule has 0 bridgehead atoms. The highest BCUT2D eigenvalue weighted by atomic mass is 32.1. The summed E-state index contributed by atoms with van der Waals surface area (Å²) in [6, 6.07) is 11.0. The van der Waals surface area contributed by atoms with E-state index in [0.29, 0.717) is 50.9 Å². The Balaban J connectivity index is 1.68. The van der Waals surface area contributed by atoms with E-state index < -0.39 is 24.1 Å². The fourth-order valence-corrected chi connectivity index (χ4v) is 5.85. The number of hydrogen-bond donors (Lipinski definition) is 6. The number of H-pyrrole nitrogens is 2. The quantitative estimate of drug-likeness (QED) is 0.119. The number of aliphatic hydroxyl groups is 2. The van der Waals surface area contributed by atoms with Crippen molar-refractivity contribution in [3.05, 3.63) is 86.4 Å². The summed E-state index contributed by atoms with van der Waals surface area (Å²) in [6.45, 7) is 3.27. The molecular weight excluding hydrogens is 504 g/mol. The number of aliphatic hydroxyl groups excluding tert-OH is 2. The first-order chi connectivity index (χ1) is 18.3. The summed E-state index contributed by atoms with van der Waals surface area (Å²) in [6.07, 6.45) is 4.05. The predicted octanol–water partition coefficient (Wildman–Crippen LogP) is 5.29. The topological polar surface area (TPSA) is 147 Å². The zero-order valence-corrected chi connectivity index (χ0v) is 21.6. The number of allylic oxidation sites excluding steroid dienone is 1. The SMILES string of the molecule is CC(=CCc1ccc(C)c2c(C(=O)c3sc(C(=O)O)c(-c4c(CO)[nH]c5ccccc45)c3O)c[nH]c12)CO. The van der Waals surface area contributed by atoms with Crippen LogP contribution in [0.4, 0.5) is 0 Å². The lowest BCUT2D eigenvalue weighted by molar-refractivity contribution is 0.0702. The molecular formula is C29H26N2O6S. The van der Waals surface area contributed by atoms with Gasteiger partial charge in [0.15, 0.2) is 0 Å². The number of benzene rings is 2. The molecule has 0 unspecified atom stereocenters. The molecule has 0 aliphatic rings. The Bertz CT molecular complexity index is 1750. The third-order valence-corrected chi connectivity index (χ3v) is 7.94. The van der Waals surface area contributed by atoms with Gasteiger partial charge >= 0.3 is 5.97 Å². The lowest BCUT2D eigenvalue weighted by Gasteiger charge is -2.06. The van der Waals surface area contributed by atoms with Crippen LogP contribution in [0.25, 0.3) is 32.9 Å². The van der Waals surface area contributed by atoms with Crippen molar-refractivity contribution in [2.45, 2.75) is 26.9 Å². The second-order valence-corrected chi connectivity index (χ2v) is 10.2. The molecule has 0 atom stereocenters.